The fourth-order valence-electron chi connectivity index (χ4n) is 9.94. The summed E-state index contributed by atoms with van der Waals surface area (Å²) in [5, 5.41) is 5.67. The molecule has 14 nitrogen and oxygen atoms in total. The van der Waals surface area contributed by atoms with Gasteiger partial charge in [-0.05, 0) is 97.6 Å². The lowest BCUT2D eigenvalue weighted by Crippen LogP contribution is -2.62. The van der Waals surface area contributed by atoms with E-state index in [1.54, 1.807) is 71.0 Å². The van der Waals surface area contributed by atoms with Gasteiger partial charge < -0.3 is 34.0 Å². The number of halogens is 2. The second-order valence-corrected chi connectivity index (χ2v) is 22.1. The first kappa shape index (κ1) is 46.9. The van der Waals surface area contributed by atoms with Gasteiger partial charge in [0, 0.05) is 42.5 Å². The molecule has 4 amide bonds. The lowest BCUT2D eigenvalue weighted by molar-refractivity contribution is -0.156. The summed E-state index contributed by atoms with van der Waals surface area (Å²) in [5.41, 5.74) is -4.17. The number of para-hydroxylation sites is 1. The van der Waals surface area contributed by atoms with Crippen LogP contribution < -0.4 is 14.9 Å². The molecule has 7 atom stereocenters. The summed E-state index contributed by atoms with van der Waals surface area (Å²) in [4.78, 5) is 74.4. The van der Waals surface area contributed by atoms with E-state index in [0.717, 1.165) is 36.3 Å². The second-order valence-electron chi connectivity index (χ2n) is 18.9. The van der Waals surface area contributed by atoms with Crippen LogP contribution in [0.1, 0.15) is 73.2 Å². The van der Waals surface area contributed by atoms with E-state index in [-0.39, 0.29) is 70.6 Å². The molecule has 4 aromatic rings. The van der Waals surface area contributed by atoms with E-state index in [4.69, 9.17) is 14.0 Å². The molecule has 2 N–H and O–H groups in total. The van der Waals surface area contributed by atoms with Gasteiger partial charge in [-0.15, -0.1) is 11.3 Å². The molecule has 3 aromatic carbocycles. The molecule has 4 saturated heterocycles. The van der Waals surface area contributed by atoms with Crippen molar-refractivity contribution in [2.24, 2.45) is 23.7 Å². The molecular weight excluding hydrogens is 904 g/mol. The number of amides is 4. The zero-order chi connectivity index (χ0) is 47.0. The molecule has 5 heterocycles. The maximum atomic E-state index is 17.1. The SMILES string of the molecule is CC(C)C[C@H](NP(=O)(Oc1ccccc1)C(F)(F)c1ccc2sc(C(=O)N[C@H]3C[C@@H]4C[C@@H]4C[C@H]4CC[C@@H](C(=O)N5CC(C(=O)N6CCOCC6)C5)N4C3=O)cc2c1)C(=O)OCc1ccccc1. The fourth-order valence-corrected chi connectivity index (χ4v) is 12.7. The standard InChI is InChI=1S/C49H56F2N5O9PS/c1-30(2)21-40(48(61)64-29-31-9-5-3-6-10-31)53-66(62,65-38-11-7-4-8-12-38)49(50,51)36-13-16-42-34(23-36)26-43(67-42)44(57)52-39-25-33-22-32(33)24-37-14-15-41(56(37)46(39)59)47(60)55-27-35(28-55)45(58)54-17-19-63-20-18-54/h3-13,16,23,26,30,32-33,35,37,39-41H,14-15,17-22,24-25,27-29H2,1-2H3,(H,52,57)(H,53,62)/t32-,33+,37-,39+,40+,41+,66?/m1/s1. The van der Waals surface area contributed by atoms with Crippen LogP contribution in [0.4, 0.5) is 8.78 Å². The van der Waals surface area contributed by atoms with Crippen molar-refractivity contribution < 1.29 is 51.3 Å². The molecule has 0 bridgehead atoms. The first-order valence-corrected chi connectivity index (χ1v) is 25.6. The van der Waals surface area contributed by atoms with E-state index in [0.29, 0.717) is 74.8 Å². The Kier molecular flexibility index (Phi) is 13.6. The van der Waals surface area contributed by atoms with Gasteiger partial charge in [-0.2, -0.15) is 8.78 Å². The molecule has 1 unspecified atom stereocenters. The predicted octanol–water partition coefficient (Wildman–Crippen LogP) is 7.18. The largest absolute Gasteiger partial charge is 0.460 e. The van der Waals surface area contributed by atoms with Crippen LogP contribution in [0.3, 0.4) is 0 Å². The minimum Gasteiger partial charge on any atom is -0.460 e. The van der Waals surface area contributed by atoms with Crippen LogP contribution in [0.25, 0.3) is 10.1 Å². The maximum Gasteiger partial charge on any atom is 0.390 e. The number of carbonyl (C=O) groups excluding carboxylic acids is 5. The fraction of sp³-hybridized carbons (Fsp3) is 0.490. The highest BCUT2D eigenvalue weighted by molar-refractivity contribution is 7.58. The number of esters is 1. The summed E-state index contributed by atoms with van der Waals surface area (Å²) in [7, 11) is -5.35. The minimum atomic E-state index is -5.35. The van der Waals surface area contributed by atoms with Gasteiger partial charge in [0.25, 0.3) is 5.91 Å². The number of nitrogens with zero attached hydrogens (tertiary/aromatic N) is 3. The van der Waals surface area contributed by atoms with Crippen molar-refractivity contribution in [1.82, 2.24) is 25.1 Å². The topological polar surface area (TPSA) is 164 Å². The van der Waals surface area contributed by atoms with Crippen molar-refractivity contribution in [3.05, 3.63) is 101 Å². The van der Waals surface area contributed by atoms with E-state index in [2.05, 4.69) is 10.4 Å². The van der Waals surface area contributed by atoms with Gasteiger partial charge in [0.05, 0.1) is 24.0 Å². The number of hydrogen-bond acceptors (Lipinski definition) is 10. The number of alkyl halides is 2. The van der Waals surface area contributed by atoms with Crippen LogP contribution in [0.15, 0.2) is 84.9 Å². The molecule has 67 heavy (non-hydrogen) atoms. The quantitative estimate of drug-likeness (QED) is 0.0923. The van der Waals surface area contributed by atoms with Gasteiger partial charge in [0.1, 0.15) is 30.5 Å². The Morgan fingerprint density at radius 2 is 1.58 bits per heavy atom. The number of benzene rings is 3. The summed E-state index contributed by atoms with van der Waals surface area (Å²) in [5.74, 6) is -1.81. The molecular formula is C49H56F2N5O9PS. The number of carbonyl (C=O) groups is 5. The van der Waals surface area contributed by atoms with Crippen LogP contribution in [-0.2, 0) is 45.5 Å². The molecule has 1 aromatic heterocycles. The van der Waals surface area contributed by atoms with E-state index >= 15 is 8.78 Å². The summed E-state index contributed by atoms with van der Waals surface area (Å²) >= 11 is 1.06. The minimum absolute atomic E-state index is 0.0188. The average molecular weight is 960 g/mol. The Labute approximate surface area is 392 Å². The number of ether oxygens (including phenoxy) is 2. The number of likely N-dealkylation sites (tertiary alicyclic amines) is 1. The highest BCUT2D eigenvalue weighted by atomic mass is 32.1. The van der Waals surface area contributed by atoms with Crippen molar-refractivity contribution >= 4 is 58.5 Å². The predicted molar refractivity (Wildman–Crippen MR) is 246 cm³/mol. The second kappa shape index (κ2) is 19.4. The Morgan fingerprint density at radius 3 is 2.30 bits per heavy atom. The average Bonchev–Trinajstić information content (AvgIpc) is 3.65. The summed E-state index contributed by atoms with van der Waals surface area (Å²) < 4.78 is 66.1. The third-order valence-electron chi connectivity index (χ3n) is 13.7. The summed E-state index contributed by atoms with van der Waals surface area (Å²) in [6, 6.07) is 18.5. The molecule has 356 valence electrons. The van der Waals surface area contributed by atoms with E-state index in [1.165, 1.54) is 24.3 Å². The molecule has 9 rings (SSSR count). The molecule has 0 radical (unpaired) electrons. The van der Waals surface area contributed by atoms with Crippen molar-refractivity contribution in [3.8, 4) is 5.75 Å². The Balaban J connectivity index is 0.914. The number of fused-ring (bicyclic) bond motifs is 3. The monoisotopic (exact) mass is 959 g/mol. The molecule has 1 aliphatic carbocycles. The number of thiophene rings is 1. The van der Waals surface area contributed by atoms with Crippen LogP contribution >= 0.6 is 18.9 Å². The Hall–Kier alpha value is -5.22. The summed E-state index contributed by atoms with van der Waals surface area (Å²) in [6.45, 7) is 6.15. The first-order valence-electron chi connectivity index (χ1n) is 23.2. The van der Waals surface area contributed by atoms with Crippen molar-refractivity contribution in [2.75, 3.05) is 39.4 Å². The zero-order valence-electron chi connectivity index (χ0n) is 37.5. The molecule has 5 aliphatic rings. The summed E-state index contributed by atoms with van der Waals surface area (Å²) in [6.07, 6.45) is 3.35. The van der Waals surface area contributed by atoms with E-state index in [1.807, 2.05) is 6.07 Å². The van der Waals surface area contributed by atoms with Crippen LogP contribution in [0.5, 0.6) is 5.75 Å². The number of rotatable bonds is 15. The normalized spacial score (nSPS) is 24.4. The van der Waals surface area contributed by atoms with Gasteiger partial charge in [0.15, 0.2) is 0 Å². The molecule has 5 fully saturated rings. The highest BCUT2D eigenvalue weighted by Crippen LogP contribution is 2.63. The number of nitrogens with one attached hydrogen (secondary N) is 2. The lowest BCUT2D eigenvalue weighted by Gasteiger charge is -2.44. The molecule has 18 heteroatoms. The van der Waals surface area contributed by atoms with Crippen molar-refractivity contribution in [2.45, 2.75) is 88.8 Å². The van der Waals surface area contributed by atoms with Gasteiger partial charge in [0.2, 0.25) is 17.7 Å². The van der Waals surface area contributed by atoms with Crippen LogP contribution in [-0.4, -0.2) is 108 Å². The van der Waals surface area contributed by atoms with Gasteiger partial charge in [-0.3, -0.25) is 28.5 Å². The van der Waals surface area contributed by atoms with Crippen molar-refractivity contribution in [1.29, 1.82) is 0 Å². The first-order chi connectivity index (χ1) is 32.2. The number of hydrogen-bond donors (Lipinski definition) is 2. The molecule has 1 saturated carbocycles. The van der Waals surface area contributed by atoms with Crippen LogP contribution in [0.2, 0.25) is 0 Å². The Morgan fingerprint density at radius 1 is 0.881 bits per heavy atom. The van der Waals surface area contributed by atoms with Crippen LogP contribution in [0, 0.1) is 23.7 Å². The Bertz CT molecular complexity index is 2540. The zero-order valence-corrected chi connectivity index (χ0v) is 39.2. The van der Waals surface area contributed by atoms with E-state index < -0.39 is 48.7 Å². The van der Waals surface area contributed by atoms with Gasteiger partial charge in [-0.25, -0.2) is 5.09 Å². The van der Waals surface area contributed by atoms with E-state index in [9.17, 15) is 28.5 Å². The lowest BCUT2D eigenvalue weighted by atomic mass is 9.96. The third-order valence-corrected chi connectivity index (χ3v) is 16.9. The molecule has 4 aliphatic heterocycles. The number of morpholine rings is 1. The highest BCUT2D eigenvalue weighted by Gasteiger charge is 2.57. The van der Waals surface area contributed by atoms with Gasteiger partial charge in [-0.1, -0.05) is 68.4 Å². The third kappa shape index (κ3) is 10.0. The van der Waals surface area contributed by atoms with Gasteiger partial charge >= 0.3 is 19.2 Å². The smallest absolute Gasteiger partial charge is 0.390 e. The van der Waals surface area contributed by atoms with Crippen molar-refractivity contribution in [3.63, 3.8) is 0 Å². The molecule has 0 spiro atoms. The maximum absolute atomic E-state index is 17.1.